The van der Waals surface area contributed by atoms with Crippen molar-refractivity contribution < 1.29 is 40.5 Å². The monoisotopic (exact) mass is 576 g/mol. The molecule has 2 heterocycles. The molecule has 14 heteroatoms. The summed E-state index contributed by atoms with van der Waals surface area (Å²) in [6.07, 6.45) is -5.15. The maximum absolute atomic E-state index is 13.7. The summed E-state index contributed by atoms with van der Waals surface area (Å²) in [7, 11) is -3.32. The highest BCUT2D eigenvalue weighted by Crippen LogP contribution is 2.37. The van der Waals surface area contributed by atoms with E-state index in [2.05, 4.69) is 14.7 Å². The highest BCUT2D eigenvalue weighted by molar-refractivity contribution is 7.93. The third kappa shape index (κ3) is 7.64. The second-order valence-corrected chi connectivity index (χ2v) is 12.5. The Morgan fingerprint density at radius 3 is 2.33 bits per heavy atom. The lowest BCUT2D eigenvalue weighted by Gasteiger charge is -2.34. The molecule has 1 atom stereocenters. The molecule has 1 saturated heterocycles. The van der Waals surface area contributed by atoms with Gasteiger partial charge in [-0.25, -0.2) is 22.8 Å². The first-order valence-corrected chi connectivity index (χ1v) is 13.8. The van der Waals surface area contributed by atoms with Gasteiger partial charge in [-0.15, -0.1) is 4.36 Å². The van der Waals surface area contributed by atoms with E-state index in [1.54, 1.807) is 20.8 Å². The van der Waals surface area contributed by atoms with Crippen molar-refractivity contribution in [3.8, 4) is 0 Å². The Morgan fingerprint density at radius 1 is 1.15 bits per heavy atom. The molecular weight excluding hydrogens is 547 g/mol. The van der Waals surface area contributed by atoms with Gasteiger partial charge in [0.2, 0.25) is 0 Å². The number of aromatic nitrogens is 1. The van der Waals surface area contributed by atoms with Gasteiger partial charge >= 0.3 is 12.3 Å². The molecule has 1 N–H and O–H groups in total. The second-order valence-electron chi connectivity index (χ2n) is 10.2. The quantitative estimate of drug-likeness (QED) is 0.430. The van der Waals surface area contributed by atoms with Crippen molar-refractivity contribution in [2.75, 3.05) is 29.6 Å². The van der Waals surface area contributed by atoms with Crippen molar-refractivity contribution in [1.82, 2.24) is 4.98 Å². The van der Waals surface area contributed by atoms with Crippen molar-refractivity contribution in [2.24, 2.45) is 4.36 Å². The van der Waals surface area contributed by atoms with Gasteiger partial charge in [-0.1, -0.05) is 6.07 Å². The van der Waals surface area contributed by atoms with E-state index < -0.39 is 69.0 Å². The fourth-order valence-corrected chi connectivity index (χ4v) is 5.01. The Balaban J connectivity index is 1.98. The van der Waals surface area contributed by atoms with Crippen LogP contribution in [-0.4, -0.2) is 52.1 Å². The molecule has 3 rings (SSSR count). The minimum atomic E-state index is -4.81. The lowest BCUT2D eigenvalue weighted by molar-refractivity contribution is -0.138. The highest BCUT2D eigenvalue weighted by atomic mass is 32.2. The number of halogens is 5. The number of pyridine rings is 1. The van der Waals surface area contributed by atoms with Crippen LogP contribution in [0.5, 0.6) is 0 Å². The Hall–Kier alpha value is -3.29. The number of amides is 2. The number of hydrogen-bond acceptors (Lipinski definition) is 6. The summed E-state index contributed by atoms with van der Waals surface area (Å²) < 4.78 is 90.1. The molecule has 0 unspecified atom stereocenters. The van der Waals surface area contributed by atoms with Crippen LogP contribution in [0.25, 0.3) is 0 Å². The molecule has 0 radical (unpaired) electrons. The minimum absolute atomic E-state index is 0.0550. The van der Waals surface area contributed by atoms with Crippen molar-refractivity contribution >= 4 is 33.2 Å². The van der Waals surface area contributed by atoms with Crippen LogP contribution in [-0.2, 0) is 20.6 Å². The molecule has 39 heavy (non-hydrogen) atoms. The smallest absolute Gasteiger partial charge is 0.442 e. The lowest BCUT2D eigenvalue weighted by Crippen LogP contribution is -2.41. The molecule has 1 aromatic heterocycles. The summed E-state index contributed by atoms with van der Waals surface area (Å²) in [4.78, 5) is 30.7. The number of ether oxygens (including phenoxy) is 1. The van der Waals surface area contributed by atoms with E-state index in [0.717, 1.165) is 6.92 Å². The van der Waals surface area contributed by atoms with Gasteiger partial charge in [-0.05, 0) is 51.5 Å². The van der Waals surface area contributed by atoms with Crippen molar-refractivity contribution in [3.05, 3.63) is 47.2 Å². The van der Waals surface area contributed by atoms with E-state index in [-0.39, 0.29) is 29.5 Å². The number of anilines is 2. The number of alkyl halides is 5. The first-order chi connectivity index (χ1) is 17.8. The molecule has 1 aliphatic rings. The summed E-state index contributed by atoms with van der Waals surface area (Å²) in [5.74, 6) is -4.04. The summed E-state index contributed by atoms with van der Waals surface area (Å²) in [6, 6.07) is 5.50. The Kier molecular flexibility index (Phi) is 8.30. The minimum Gasteiger partial charge on any atom is -0.442 e. The van der Waals surface area contributed by atoms with Gasteiger partial charge in [0.25, 0.3) is 11.8 Å². The molecule has 0 aliphatic carbocycles. The van der Waals surface area contributed by atoms with Crippen LogP contribution < -0.4 is 10.2 Å². The molecule has 8 nitrogen and oxygen atoms in total. The van der Waals surface area contributed by atoms with Gasteiger partial charge in [-0.3, -0.25) is 4.79 Å². The zero-order valence-corrected chi connectivity index (χ0v) is 22.8. The predicted molar refractivity (Wildman–Crippen MR) is 136 cm³/mol. The molecule has 1 fully saturated rings. The van der Waals surface area contributed by atoms with Gasteiger partial charge in [0.05, 0.1) is 20.9 Å². The average Bonchev–Trinajstić information content (AvgIpc) is 2.76. The van der Waals surface area contributed by atoms with Crippen LogP contribution in [0.1, 0.15) is 55.1 Å². The molecule has 2 aromatic rings. The number of rotatable bonds is 4. The molecule has 214 valence electrons. The van der Waals surface area contributed by atoms with Gasteiger partial charge in [-0.2, -0.15) is 13.2 Å². The number of carbonyl (C=O) groups is 2. The summed E-state index contributed by atoms with van der Waals surface area (Å²) in [5, 5.41) is 2.47. The molecular formula is C25H29F5N4O4S. The SMILES string of the molecule is Cc1c(C(F)(F)F)cnc(N2CCC(F)(F)CC2)c1C(=O)Nc1cccc([S@@](C)(=O)=NC(=O)OC(C)(C)C)c1. The van der Waals surface area contributed by atoms with Gasteiger partial charge in [0, 0.05) is 49.0 Å². The number of nitrogens with one attached hydrogen (secondary N) is 1. The lowest BCUT2D eigenvalue weighted by atomic mass is 10.0. The van der Waals surface area contributed by atoms with Gasteiger partial charge in [0.1, 0.15) is 11.4 Å². The largest absolute Gasteiger partial charge is 0.442 e. The van der Waals surface area contributed by atoms with E-state index >= 15 is 0 Å². The van der Waals surface area contributed by atoms with E-state index in [4.69, 9.17) is 4.74 Å². The third-order valence-corrected chi connectivity index (χ3v) is 7.44. The van der Waals surface area contributed by atoms with Gasteiger partial charge < -0.3 is 15.0 Å². The summed E-state index contributed by atoms with van der Waals surface area (Å²) in [5.41, 5.74) is -2.79. The number of piperidine rings is 1. The van der Waals surface area contributed by atoms with E-state index in [1.807, 2.05) is 0 Å². The number of hydrogen-bond donors (Lipinski definition) is 1. The number of nitrogens with zero attached hydrogens (tertiary/aromatic N) is 3. The Bertz CT molecular complexity index is 1390. The maximum Gasteiger partial charge on any atom is 0.442 e. The number of benzene rings is 1. The topological polar surface area (TPSA) is 101 Å². The van der Waals surface area contributed by atoms with Crippen LogP contribution in [0.4, 0.5) is 38.3 Å². The zero-order valence-electron chi connectivity index (χ0n) is 22.0. The predicted octanol–water partition coefficient (Wildman–Crippen LogP) is 6.29. The molecule has 1 aliphatic heterocycles. The van der Waals surface area contributed by atoms with Gasteiger partial charge in [0.15, 0.2) is 0 Å². The third-order valence-electron chi connectivity index (χ3n) is 5.82. The fourth-order valence-electron chi connectivity index (χ4n) is 3.91. The Labute approximate surface area is 223 Å². The van der Waals surface area contributed by atoms with Crippen LogP contribution in [0, 0.1) is 6.92 Å². The van der Waals surface area contributed by atoms with Crippen molar-refractivity contribution in [2.45, 2.75) is 63.1 Å². The standard InChI is InChI=1S/C25H29F5N4O4S/c1-15-18(25(28,29)30)14-31-20(34-11-9-24(26,27)10-12-34)19(15)21(35)32-16-7-6-8-17(13-16)39(5,37)33-22(36)38-23(2,3)4/h6-8,13-14H,9-12H2,1-5H3,(H,32,35)/t39-/m1/s1. The molecule has 0 spiro atoms. The summed E-state index contributed by atoms with van der Waals surface area (Å²) >= 11 is 0. The van der Waals surface area contributed by atoms with E-state index in [9.17, 15) is 35.8 Å². The first-order valence-electron chi connectivity index (χ1n) is 11.9. The number of carbonyl (C=O) groups excluding carboxylic acids is 2. The fraction of sp³-hybridized carbons (Fsp3) is 0.480. The van der Waals surface area contributed by atoms with E-state index in [0.29, 0.717) is 6.20 Å². The van der Waals surface area contributed by atoms with Crippen molar-refractivity contribution in [1.29, 1.82) is 0 Å². The summed E-state index contributed by atoms with van der Waals surface area (Å²) in [6.45, 7) is 5.54. The van der Waals surface area contributed by atoms with E-state index in [1.165, 1.54) is 35.4 Å². The van der Waals surface area contributed by atoms with Crippen molar-refractivity contribution in [3.63, 3.8) is 0 Å². The van der Waals surface area contributed by atoms with Crippen LogP contribution in [0.2, 0.25) is 0 Å². The first kappa shape index (κ1) is 30.3. The molecule has 0 bridgehead atoms. The molecule has 1 aromatic carbocycles. The zero-order chi connectivity index (χ0) is 29.4. The van der Waals surface area contributed by atoms with Crippen LogP contribution >= 0.6 is 0 Å². The van der Waals surface area contributed by atoms with Crippen LogP contribution in [0.15, 0.2) is 39.7 Å². The Morgan fingerprint density at radius 2 is 1.77 bits per heavy atom. The highest BCUT2D eigenvalue weighted by Gasteiger charge is 2.39. The molecule has 2 amide bonds. The second kappa shape index (κ2) is 10.7. The average molecular weight is 577 g/mol. The normalized spacial score (nSPS) is 17.2. The molecule has 0 saturated carbocycles. The van der Waals surface area contributed by atoms with Crippen LogP contribution in [0.3, 0.4) is 0 Å². The maximum atomic E-state index is 13.7.